The molecule has 0 aliphatic rings. The van der Waals surface area contributed by atoms with E-state index in [1.54, 1.807) is 6.07 Å². The lowest BCUT2D eigenvalue weighted by Gasteiger charge is -2.08. The molecule has 0 saturated heterocycles. The van der Waals surface area contributed by atoms with Crippen molar-refractivity contribution >= 4 is 33.6 Å². The van der Waals surface area contributed by atoms with Crippen molar-refractivity contribution in [2.75, 3.05) is 0 Å². The Morgan fingerprint density at radius 1 is 1.20 bits per heavy atom. The van der Waals surface area contributed by atoms with Crippen molar-refractivity contribution < 1.29 is 5.11 Å². The van der Waals surface area contributed by atoms with Crippen LogP contribution < -0.4 is 0 Å². The summed E-state index contributed by atoms with van der Waals surface area (Å²) in [6.45, 7) is 3.08. The highest BCUT2D eigenvalue weighted by Crippen LogP contribution is 2.29. The van der Waals surface area contributed by atoms with Crippen LogP contribution in [0.15, 0.2) is 42.5 Å². The first kappa shape index (κ1) is 13.4. The number of hydrogen-bond acceptors (Lipinski definition) is 2. The van der Waals surface area contributed by atoms with E-state index in [4.69, 9.17) is 4.98 Å². The van der Waals surface area contributed by atoms with Crippen molar-refractivity contribution in [2.45, 2.75) is 19.9 Å². The van der Waals surface area contributed by atoms with E-state index in [0.29, 0.717) is 5.75 Å². The molecule has 1 N–H and O–H groups in total. The van der Waals surface area contributed by atoms with Gasteiger partial charge in [0.25, 0.3) is 0 Å². The summed E-state index contributed by atoms with van der Waals surface area (Å²) in [6.07, 6.45) is 1.05. The first-order valence-electron chi connectivity index (χ1n) is 6.65. The lowest BCUT2D eigenvalue weighted by atomic mass is 10.2. The lowest BCUT2D eigenvalue weighted by Crippen LogP contribution is -1.99. The number of hydrogen-bond donors (Lipinski definition) is 1. The van der Waals surface area contributed by atoms with Gasteiger partial charge in [-0.15, -0.1) is 0 Å². The number of aromatic nitrogens is 2. The Bertz CT molecular complexity index is 764. The predicted octanol–water partition coefficient (Wildman–Crippen LogP) is 4.42. The number of imidazole rings is 1. The molecule has 4 heteroatoms. The van der Waals surface area contributed by atoms with Gasteiger partial charge in [0.15, 0.2) is 0 Å². The van der Waals surface area contributed by atoms with Crippen LogP contribution in [0.3, 0.4) is 0 Å². The molecular weight excluding hydrogens is 363 g/mol. The van der Waals surface area contributed by atoms with Crippen LogP contribution in [-0.4, -0.2) is 14.7 Å². The molecule has 0 bridgehead atoms. The fraction of sp³-hybridized carbons (Fsp3) is 0.188. The molecule has 0 aliphatic carbocycles. The third-order valence-corrected chi connectivity index (χ3v) is 4.22. The highest BCUT2D eigenvalue weighted by atomic mass is 127. The van der Waals surface area contributed by atoms with E-state index >= 15 is 0 Å². The Kier molecular flexibility index (Phi) is 3.65. The molecule has 0 amide bonds. The zero-order chi connectivity index (χ0) is 14.1. The smallest absolute Gasteiger partial charge is 0.141 e. The molecule has 0 saturated carbocycles. The van der Waals surface area contributed by atoms with Crippen molar-refractivity contribution in [3.8, 4) is 17.1 Å². The first-order valence-corrected chi connectivity index (χ1v) is 7.72. The Morgan fingerprint density at radius 2 is 2.00 bits per heavy atom. The molecule has 0 radical (unpaired) electrons. The monoisotopic (exact) mass is 378 g/mol. The molecule has 0 spiro atoms. The van der Waals surface area contributed by atoms with E-state index in [-0.39, 0.29) is 0 Å². The molecule has 3 rings (SSSR count). The molecule has 0 aliphatic heterocycles. The zero-order valence-corrected chi connectivity index (χ0v) is 13.3. The zero-order valence-electron chi connectivity index (χ0n) is 11.2. The van der Waals surface area contributed by atoms with Gasteiger partial charge >= 0.3 is 0 Å². The summed E-state index contributed by atoms with van der Waals surface area (Å²) in [7, 11) is 0. The topological polar surface area (TPSA) is 38.0 Å². The number of benzene rings is 2. The Morgan fingerprint density at radius 3 is 2.75 bits per heavy atom. The highest BCUT2D eigenvalue weighted by molar-refractivity contribution is 14.1. The van der Waals surface area contributed by atoms with Crippen LogP contribution in [0.2, 0.25) is 0 Å². The Balaban J connectivity index is 2.23. The summed E-state index contributed by atoms with van der Waals surface area (Å²) in [4.78, 5) is 4.72. The van der Waals surface area contributed by atoms with E-state index in [9.17, 15) is 5.11 Å². The van der Waals surface area contributed by atoms with Gasteiger partial charge < -0.3 is 9.67 Å². The fourth-order valence-electron chi connectivity index (χ4n) is 2.40. The summed E-state index contributed by atoms with van der Waals surface area (Å²) in [5.41, 5.74) is 3.09. The van der Waals surface area contributed by atoms with Crippen LogP contribution in [0.1, 0.15) is 13.3 Å². The molecule has 1 aromatic heterocycles. The molecule has 0 fully saturated rings. The van der Waals surface area contributed by atoms with Gasteiger partial charge in [0, 0.05) is 12.1 Å². The van der Waals surface area contributed by atoms with Gasteiger partial charge in [-0.25, -0.2) is 4.98 Å². The highest BCUT2D eigenvalue weighted by Gasteiger charge is 2.12. The van der Waals surface area contributed by atoms with Crippen LogP contribution in [0, 0.1) is 3.57 Å². The molecule has 2 aromatic carbocycles. The quantitative estimate of drug-likeness (QED) is 0.685. The number of aromatic hydroxyl groups is 1. The van der Waals surface area contributed by atoms with Gasteiger partial charge in [0.2, 0.25) is 0 Å². The maximum Gasteiger partial charge on any atom is 0.141 e. The number of aryl methyl sites for hydroxylation is 1. The summed E-state index contributed by atoms with van der Waals surface area (Å²) >= 11 is 2.12. The van der Waals surface area contributed by atoms with Crippen LogP contribution in [0.4, 0.5) is 0 Å². The van der Waals surface area contributed by atoms with Gasteiger partial charge in [-0.05, 0) is 59.3 Å². The van der Waals surface area contributed by atoms with Crippen molar-refractivity contribution in [3.63, 3.8) is 0 Å². The minimum absolute atomic E-state index is 0.304. The number of para-hydroxylation sites is 2. The molecule has 3 aromatic rings. The number of phenolic OH excluding ortho intramolecular Hbond substituents is 1. The molecule has 0 unspecified atom stereocenters. The number of rotatable bonds is 3. The minimum Gasteiger partial charge on any atom is -0.507 e. The van der Waals surface area contributed by atoms with Crippen molar-refractivity contribution in [3.05, 3.63) is 46.0 Å². The van der Waals surface area contributed by atoms with Crippen LogP contribution >= 0.6 is 22.6 Å². The second kappa shape index (κ2) is 5.44. The van der Waals surface area contributed by atoms with Gasteiger partial charge in [0.05, 0.1) is 14.6 Å². The third-order valence-electron chi connectivity index (χ3n) is 3.31. The van der Waals surface area contributed by atoms with Crippen LogP contribution in [0.25, 0.3) is 22.4 Å². The normalized spacial score (nSPS) is 11.1. The summed E-state index contributed by atoms with van der Waals surface area (Å²) in [5, 5.41) is 9.91. The predicted molar refractivity (Wildman–Crippen MR) is 89.8 cm³/mol. The summed E-state index contributed by atoms with van der Waals surface area (Å²) < 4.78 is 3.07. The lowest BCUT2D eigenvalue weighted by molar-refractivity contribution is 0.471. The number of nitrogens with zero attached hydrogens (tertiary/aromatic N) is 2. The van der Waals surface area contributed by atoms with E-state index in [1.165, 1.54) is 0 Å². The Labute approximate surface area is 131 Å². The molecule has 1 heterocycles. The number of halogens is 1. The minimum atomic E-state index is 0.304. The summed E-state index contributed by atoms with van der Waals surface area (Å²) in [6, 6.07) is 13.9. The van der Waals surface area contributed by atoms with Gasteiger partial charge in [0.1, 0.15) is 11.6 Å². The molecule has 0 atom stereocenters. The SMILES string of the molecule is CCCn1c(-c2ccc(I)c(O)c2)nc2ccccc21. The average molecular weight is 378 g/mol. The molecular formula is C16H15IN2O. The maximum absolute atomic E-state index is 9.91. The molecule has 20 heavy (non-hydrogen) atoms. The Hall–Kier alpha value is -1.56. The third kappa shape index (κ3) is 2.28. The largest absolute Gasteiger partial charge is 0.507 e. The van der Waals surface area contributed by atoms with E-state index in [1.807, 2.05) is 30.3 Å². The number of fused-ring (bicyclic) bond motifs is 1. The molecule has 102 valence electrons. The van der Waals surface area contributed by atoms with E-state index in [0.717, 1.165) is 39.0 Å². The second-order valence-corrected chi connectivity index (χ2v) is 5.90. The van der Waals surface area contributed by atoms with Gasteiger partial charge in [-0.3, -0.25) is 0 Å². The van der Waals surface area contributed by atoms with Gasteiger partial charge in [-0.1, -0.05) is 19.1 Å². The van der Waals surface area contributed by atoms with E-state index < -0.39 is 0 Å². The maximum atomic E-state index is 9.91. The molecule has 3 nitrogen and oxygen atoms in total. The van der Waals surface area contributed by atoms with Crippen molar-refractivity contribution in [1.29, 1.82) is 0 Å². The second-order valence-electron chi connectivity index (χ2n) is 4.74. The van der Waals surface area contributed by atoms with E-state index in [2.05, 4.69) is 40.1 Å². The van der Waals surface area contributed by atoms with Crippen molar-refractivity contribution in [2.24, 2.45) is 0 Å². The van der Waals surface area contributed by atoms with Crippen molar-refractivity contribution in [1.82, 2.24) is 9.55 Å². The average Bonchev–Trinajstić information content (AvgIpc) is 2.82. The fourth-order valence-corrected chi connectivity index (χ4v) is 2.73. The number of phenols is 1. The van der Waals surface area contributed by atoms with Crippen LogP contribution in [-0.2, 0) is 6.54 Å². The van der Waals surface area contributed by atoms with Gasteiger partial charge in [-0.2, -0.15) is 0 Å². The van der Waals surface area contributed by atoms with Crippen LogP contribution in [0.5, 0.6) is 5.75 Å². The first-order chi connectivity index (χ1) is 9.70. The standard InChI is InChI=1S/C16H15IN2O/c1-2-9-19-14-6-4-3-5-13(14)18-16(19)11-7-8-12(17)15(20)10-11/h3-8,10,20H,2,9H2,1H3. The summed E-state index contributed by atoms with van der Waals surface area (Å²) in [5.74, 6) is 1.22.